The Balaban J connectivity index is 1.89. The van der Waals surface area contributed by atoms with Crippen LogP contribution in [0.3, 0.4) is 0 Å². The first-order chi connectivity index (χ1) is 14.1. The van der Waals surface area contributed by atoms with Crippen molar-refractivity contribution in [1.29, 1.82) is 0 Å². The number of hydrogen-bond donors (Lipinski definition) is 1. The van der Waals surface area contributed by atoms with Crippen molar-refractivity contribution >= 4 is 23.5 Å². The van der Waals surface area contributed by atoms with Crippen molar-refractivity contribution in [3.05, 3.63) is 65.7 Å². The maximum atomic E-state index is 12.6. The van der Waals surface area contributed by atoms with Crippen LogP contribution in [0.15, 0.2) is 54.6 Å². The number of anilines is 1. The average molecular weight is 411 g/mol. The summed E-state index contributed by atoms with van der Waals surface area (Å²) in [4.78, 5) is 38.6. The van der Waals surface area contributed by atoms with Gasteiger partial charge >= 0.3 is 5.97 Å². The Labute approximate surface area is 178 Å². The first-order valence-corrected chi connectivity index (χ1v) is 10.1. The topological polar surface area (TPSA) is 75.7 Å². The number of nitrogens with one attached hydrogen (secondary N) is 1. The van der Waals surface area contributed by atoms with Gasteiger partial charge in [-0.3, -0.25) is 14.4 Å². The largest absolute Gasteiger partial charge is 0.451 e. The Kier molecular flexibility index (Phi) is 7.75. The molecule has 0 bridgehead atoms. The molecule has 2 aromatic rings. The van der Waals surface area contributed by atoms with Gasteiger partial charge in [-0.1, -0.05) is 51.1 Å². The highest BCUT2D eigenvalue weighted by atomic mass is 16.5. The summed E-state index contributed by atoms with van der Waals surface area (Å²) >= 11 is 0. The molecule has 0 radical (unpaired) electrons. The molecule has 0 aliphatic rings. The summed E-state index contributed by atoms with van der Waals surface area (Å²) in [7, 11) is 0. The molecule has 0 heterocycles. The quantitative estimate of drug-likeness (QED) is 0.706. The molecular weight excluding hydrogens is 380 g/mol. The van der Waals surface area contributed by atoms with E-state index in [1.54, 1.807) is 17.0 Å². The van der Waals surface area contributed by atoms with E-state index < -0.39 is 12.1 Å². The van der Waals surface area contributed by atoms with Crippen LogP contribution in [0.1, 0.15) is 50.5 Å². The van der Waals surface area contributed by atoms with Crippen LogP contribution in [0.5, 0.6) is 0 Å². The number of amides is 2. The van der Waals surface area contributed by atoms with E-state index in [4.69, 9.17) is 4.74 Å². The summed E-state index contributed by atoms with van der Waals surface area (Å²) in [6.45, 7) is 9.80. The predicted molar refractivity (Wildman–Crippen MR) is 117 cm³/mol. The van der Waals surface area contributed by atoms with E-state index in [1.165, 1.54) is 6.92 Å². The van der Waals surface area contributed by atoms with Crippen LogP contribution >= 0.6 is 0 Å². The Morgan fingerprint density at radius 2 is 1.60 bits per heavy atom. The number of ether oxygens (including phenoxy) is 1. The smallest absolute Gasteiger partial charge is 0.326 e. The molecule has 0 spiro atoms. The molecule has 2 aromatic carbocycles. The minimum absolute atomic E-state index is 0.00634. The van der Waals surface area contributed by atoms with Crippen LogP contribution in [0.4, 0.5) is 5.69 Å². The van der Waals surface area contributed by atoms with Gasteiger partial charge in [-0.15, -0.1) is 0 Å². The number of carbonyl (C=O) groups excluding carboxylic acids is 3. The highest BCUT2D eigenvalue weighted by Crippen LogP contribution is 2.22. The molecule has 0 aliphatic carbocycles. The van der Waals surface area contributed by atoms with E-state index in [0.717, 1.165) is 11.3 Å². The van der Waals surface area contributed by atoms with Crippen molar-refractivity contribution in [1.82, 2.24) is 5.32 Å². The molecular formula is C24H30N2O4. The van der Waals surface area contributed by atoms with Gasteiger partial charge < -0.3 is 15.0 Å². The van der Waals surface area contributed by atoms with Crippen molar-refractivity contribution in [3.8, 4) is 0 Å². The van der Waals surface area contributed by atoms with Crippen LogP contribution < -0.4 is 10.2 Å². The fraction of sp³-hybridized carbons (Fsp3) is 0.375. The molecule has 0 fully saturated rings. The molecule has 1 N–H and O–H groups in total. The van der Waals surface area contributed by atoms with Gasteiger partial charge in [0.2, 0.25) is 0 Å². The third kappa shape index (κ3) is 6.17. The molecule has 2 amide bonds. The zero-order valence-electron chi connectivity index (χ0n) is 18.3. The number of rotatable bonds is 7. The maximum absolute atomic E-state index is 12.6. The molecule has 160 valence electrons. The van der Waals surface area contributed by atoms with Gasteiger partial charge in [-0.2, -0.15) is 0 Å². The number of likely N-dealkylation sites (N-methyl/N-ethyl adjacent to an activating group) is 1. The maximum Gasteiger partial charge on any atom is 0.326 e. The van der Waals surface area contributed by atoms with Gasteiger partial charge in [0.15, 0.2) is 6.10 Å². The Morgan fingerprint density at radius 1 is 1.00 bits per heavy atom. The van der Waals surface area contributed by atoms with Gasteiger partial charge in [0.1, 0.15) is 6.54 Å². The van der Waals surface area contributed by atoms with E-state index in [0.29, 0.717) is 12.1 Å². The summed E-state index contributed by atoms with van der Waals surface area (Å²) in [5.74, 6) is -1.35. The van der Waals surface area contributed by atoms with Crippen molar-refractivity contribution in [2.24, 2.45) is 0 Å². The molecule has 2 rings (SSSR count). The van der Waals surface area contributed by atoms with Crippen LogP contribution in [-0.2, 0) is 19.7 Å². The highest BCUT2D eigenvalue weighted by molar-refractivity contribution is 5.98. The number of carbonyl (C=O) groups is 3. The highest BCUT2D eigenvalue weighted by Gasteiger charge is 2.24. The van der Waals surface area contributed by atoms with Gasteiger partial charge in [-0.05, 0) is 49.1 Å². The third-order valence-electron chi connectivity index (χ3n) is 4.71. The number of para-hydroxylation sites is 1. The van der Waals surface area contributed by atoms with Crippen molar-refractivity contribution in [2.45, 2.75) is 46.1 Å². The Hall–Kier alpha value is -3.15. The van der Waals surface area contributed by atoms with Crippen molar-refractivity contribution in [3.63, 3.8) is 0 Å². The first-order valence-electron chi connectivity index (χ1n) is 10.1. The fourth-order valence-corrected chi connectivity index (χ4v) is 2.96. The van der Waals surface area contributed by atoms with E-state index in [-0.39, 0.29) is 23.8 Å². The lowest BCUT2D eigenvalue weighted by molar-refractivity contribution is -0.152. The van der Waals surface area contributed by atoms with Crippen molar-refractivity contribution < 1.29 is 19.1 Å². The van der Waals surface area contributed by atoms with E-state index in [1.807, 2.05) is 49.4 Å². The van der Waals surface area contributed by atoms with Crippen LogP contribution in [0.2, 0.25) is 0 Å². The lowest BCUT2D eigenvalue weighted by Crippen LogP contribution is -2.41. The van der Waals surface area contributed by atoms with E-state index in [9.17, 15) is 14.4 Å². The predicted octanol–water partition coefficient (Wildman–Crippen LogP) is 3.70. The Morgan fingerprint density at radius 3 is 2.13 bits per heavy atom. The standard InChI is InChI=1S/C24H30N2O4/c1-6-26(20-10-8-7-9-11-20)23(29)17(2)30-21(27)16-25-22(28)18-12-14-19(15-13-18)24(3,4)5/h7-15,17H,6,16H2,1-5H3,(H,25,28)/t17-/m1/s1. The molecule has 0 saturated heterocycles. The molecule has 0 saturated carbocycles. The zero-order chi connectivity index (χ0) is 22.3. The van der Waals surface area contributed by atoms with E-state index in [2.05, 4.69) is 26.1 Å². The lowest BCUT2D eigenvalue weighted by atomic mass is 9.87. The molecule has 1 atom stereocenters. The second kappa shape index (κ2) is 10.1. The van der Waals surface area contributed by atoms with Gasteiger partial charge in [0, 0.05) is 17.8 Å². The van der Waals surface area contributed by atoms with Crippen molar-refractivity contribution in [2.75, 3.05) is 18.0 Å². The Bertz CT molecular complexity index is 870. The normalized spacial score (nSPS) is 12.0. The molecule has 6 heteroatoms. The number of esters is 1. The summed E-state index contributed by atoms with van der Waals surface area (Å²) in [5.41, 5.74) is 2.30. The lowest BCUT2D eigenvalue weighted by Gasteiger charge is -2.24. The monoisotopic (exact) mass is 410 g/mol. The van der Waals surface area contributed by atoms with Gasteiger partial charge in [-0.25, -0.2) is 0 Å². The van der Waals surface area contributed by atoms with Gasteiger partial charge in [0.05, 0.1) is 0 Å². The zero-order valence-corrected chi connectivity index (χ0v) is 18.3. The number of nitrogens with zero attached hydrogens (tertiary/aromatic N) is 1. The van der Waals surface area contributed by atoms with Gasteiger partial charge in [0.25, 0.3) is 11.8 Å². The second-order valence-corrected chi connectivity index (χ2v) is 8.06. The number of hydrogen-bond acceptors (Lipinski definition) is 4. The molecule has 6 nitrogen and oxygen atoms in total. The molecule has 0 aliphatic heterocycles. The molecule has 30 heavy (non-hydrogen) atoms. The van der Waals surface area contributed by atoms with Crippen LogP contribution in [0.25, 0.3) is 0 Å². The SMILES string of the molecule is CCN(C(=O)[C@@H](C)OC(=O)CNC(=O)c1ccc(C(C)(C)C)cc1)c1ccccc1. The second-order valence-electron chi connectivity index (χ2n) is 8.06. The minimum atomic E-state index is -0.958. The minimum Gasteiger partial charge on any atom is -0.451 e. The third-order valence-corrected chi connectivity index (χ3v) is 4.71. The molecule has 0 unspecified atom stereocenters. The first kappa shape index (κ1) is 23.1. The summed E-state index contributed by atoms with van der Waals surface area (Å²) in [6, 6.07) is 16.4. The van der Waals surface area contributed by atoms with E-state index >= 15 is 0 Å². The summed E-state index contributed by atoms with van der Waals surface area (Å²) < 4.78 is 5.22. The fourth-order valence-electron chi connectivity index (χ4n) is 2.96. The molecule has 0 aromatic heterocycles. The van der Waals surface area contributed by atoms with Crippen LogP contribution in [-0.4, -0.2) is 37.0 Å². The van der Waals surface area contributed by atoms with Crippen LogP contribution in [0, 0.1) is 0 Å². The number of benzene rings is 2. The summed E-state index contributed by atoms with van der Waals surface area (Å²) in [6.07, 6.45) is -0.958. The summed E-state index contributed by atoms with van der Waals surface area (Å²) in [5, 5.41) is 2.54. The average Bonchev–Trinajstić information content (AvgIpc) is 2.72.